The molecule has 0 atom stereocenters. The number of halogens is 2. The third-order valence-corrected chi connectivity index (χ3v) is 5.80. The molecule has 9 heteroatoms. The lowest BCUT2D eigenvalue weighted by Crippen LogP contribution is -2.44. The fourth-order valence-corrected chi connectivity index (χ4v) is 3.78. The number of hydrogen-bond acceptors (Lipinski definition) is 3. The van der Waals surface area contributed by atoms with Crippen molar-refractivity contribution in [1.82, 2.24) is 14.4 Å². The van der Waals surface area contributed by atoms with Crippen LogP contribution in [-0.4, -0.2) is 39.4 Å². The van der Waals surface area contributed by atoms with E-state index in [1.54, 1.807) is 35.4 Å². The SMILES string of the molecule is CCCCN(CC(=O)N(Cc1ccco1)Cc1cccn1C)C(=O)Nc1ccc(Cl)cc1Cl. The second-order valence-electron chi connectivity index (χ2n) is 7.77. The molecule has 176 valence electrons. The largest absolute Gasteiger partial charge is 0.467 e. The van der Waals surface area contributed by atoms with Crippen molar-refractivity contribution in [2.75, 3.05) is 18.4 Å². The number of carbonyl (C=O) groups is 2. The number of hydrogen-bond donors (Lipinski definition) is 1. The van der Waals surface area contributed by atoms with E-state index in [-0.39, 0.29) is 12.5 Å². The summed E-state index contributed by atoms with van der Waals surface area (Å²) < 4.78 is 7.43. The number of amides is 3. The zero-order chi connectivity index (χ0) is 23.8. The molecule has 3 amide bonds. The zero-order valence-corrected chi connectivity index (χ0v) is 20.3. The fraction of sp³-hybridized carbons (Fsp3) is 0.333. The molecule has 0 fully saturated rings. The van der Waals surface area contributed by atoms with Crippen LogP contribution < -0.4 is 5.32 Å². The molecule has 3 rings (SSSR count). The van der Waals surface area contributed by atoms with Gasteiger partial charge in [0.1, 0.15) is 12.3 Å². The van der Waals surface area contributed by atoms with Crippen molar-refractivity contribution in [1.29, 1.82) is 0 Å². The highest BCUT2D eigenvalue weighted by Crippen LogP contribution is 2.25. The average Bonchev–Trinajstić information content (AvgIpc) is 3.44. The lowest BCUT2D eigenvalue weighted by molar-refractivity contribution is -0.133. The van der Waals surface area contributed by atoms with Gasteiger partial charge in [0, 0.05) is 30.5 Å². The Hall–Kier alpha value is -2.90. The van der Waals surface area contributed by atoms with Crippen LogP contribution >= 0.6 is 23.2 Å². The van der Waals surface area contributed by atoms with Gasteiger partial charge in [-0.25, -0.2) is 4.79 Å². The van der Waals surface area contributed by atoms with Crippen molar-refractivity contribution in [3.8, 4) is 0 Å². The highest BCUT2D eigenvalue weighted by Gasteiger charge is 2.23. The topological polar surface area (TPSA) is 70.7 Å². The number of carbonyl (C=O) groups excluding carboxylic acids is 2. The molecule has 3 aromatic rings. The minimum atomic E-state index is -0.391. The summed E-state index contributed by atoms with van der Waals surface area (Å²) in [5.74, 6) is 0.496. The van der Waals surface area contributed by atoms with Crippen LogP contribution in [0.4, 0.5) is 10.5 Å². The molecule has 2 heterocycles. The third-order valence-electron chi connectivity index (χ3n) is 5.25. The van der Waals surface area contributed by atoms with E-state index in [0.717, 1.165) is 18.5 Å². The molecule has 0 saturated carbocycles. The Bertz CT molecular complexity index is 1070. The Morgan fingerprint density at radius 1 is 1.09 bits per heavy atom. The number of nitrogens with one attached hydrogen (secondary N) is 1. The number of aryl methyl sites for hydroxylation is 1. The van der Waals surface area contributed by atoms with E-state index in [2.05, 4.69) is 5.32 Å². The molecule has 0 saturated heterocycles. The molecule has 1 N–H and O–H groups in total. The van der Waals surface area contributed by atoms with Crippen LogP contribution in [0.3, 0.4) is 0 Å². The first-order valence-corrected chi connectivity index (χ1v) is 11.5. The van der Waals surface area contributed by atoms with Gasteiger partial charge < -0.3 is 24.1 Å². The first-order chi connectivity index (χ1) is 15.9. The second kappa shape index (κ2) is 11.8. The van der Waals surface area contributed by atoms with E-state index in [9.17, 15) is 9.59 Å². The Morgan fingerprint density at radius 3 is 2.55 bits per heavy atom. The zero-order valence-electron chi connectivity index (χ0n) is 18.8. The summed E-state index contributed by atoms with van der Waals surface area (Å²) in [6.45, 7) is 3.12. The van der Waals surface area contributed by atoms with Crippen molar-refractivity contribution in [3.63, 3.8) is 0 Å². The maximum atomic E-state index is 13.4. The molecular weight excluding hydrogens is 463 g/mol. The fourth-order valence-electron chi connectivity index (χ4n) is 3.33. The molecule has 1 aromatic carbocycles. The van der Waals surface area contributed by atoms with Gasteiger partial charge in [0.05, 0.1) is 30.1 Å². The first-order valence-electron chi connectivity index (χ1n) is 10.8. The third kappa shape index (κ3) is 7.04. The molecule has 33 heavy (non-hydrogen) atoms. The van der Waals surface area contributed by atoms with E-state index >= 15 is 0 Å². The quantitative estimate of drug-likeness (QED) is 0.391. The number of furan rings is 1. The van der Waals surface area contributed by atoms with Gasteiger partial charge >= 0.3 is 6.03 Å². The summed E-state index contributed by atoms with van der Waals surface area (Å²) in [5, 5.41) is 3.61. The summed E-state index contributed by atoms with van der Waals surface area (Å²) in [4.78, 5) is 29.6. The molecule has 0 bridgehead atoms. The van der Waals surface area contributed by atoms with Gasteiger partial charge in [0.25, 0.3) is 0 Å². The highest BCUT2D eigenvalue weighted by molar-refractivity contribution is 6.36. The van der Waals surface area contributed by atoms with Gasteiger partial charge in [0.15, 0.2) is 0 Å². The van der Waals surface area contributed by atoms with E-state index in [0.29, 0.717) is 41.1 Å². The van der Waals surface area contributed by atoms with E-state index in [4.69, 9.17) is 27.6 Å². The number of nitrogens with zero attached hydrogens (tertiary/aromatic N) is 3. The standard InChI is InChI=1S/C24H28Cl2N4O3/c1-3-4-12-29(24(32)27-22-10-9-18(25)14-21(22)26)17-23(31)30(16-20-8-6-13-33-20)15-19-7-5-11-28(19)2/h5-11,13-14H,3-4,12,15-17H2,1-2H3,(H,27,32). The molecule has 0 aliphatic heterocycles. The Morgan fingerprint density at radius 2 is 1.91 bits per heavy atom. The van der Waals surface area contributed by atoms with Crippen LogP contribution in [0.2, 0.25) is 10.0 Å². The van der Waals surface area contributed by atoms with Gasteiger partial charge in [-0.05, 0) is 48.9 Å². The number of rotatable bonds is 10. The number of urea groups is 1. The van der Waals surface area contributed by atoms with Gasteiger partial charge in [-0.2, -0.15) is 0 Å². The van der Waals surface area contributed by atoms with Gasteiger partial charge in [-0.3, -0.25) is 4.79 Å². The Labute approximate surface area is 203 Å². The normalized spacial score (nSPS) is 10.8. The van der Waals surface area contributed by atoms with Crippen LogP contribution in [-0.2, 0) is 24.9 Å². The molecular formula is C24H28Cl2N4O3. The van der Waals surface area contributed by atoms with Crippen molar-refractivity contribution < 1.29 is 14.0 Å². The summed E-state index contributed by atoms with van der Waals surface area (Å²) in [5.41, 5.74) is 1.42. The smallest absolute Gasteiger partial charge is 0.322 e. The predicted octanol–water partition coefficient (Wildman–Crippen LogP) is 5.79. The van der Waals surface area contributed by atoms with Gasteiger partial charge in [0.2, 0.25) is 5.91 Å². The predicted molar refractivity (Wildman–Crippen MR) is 130 cm³/mol. The van der Waals surface area contributed by atoms with Crippen LogP contribution in [0.25, 0.3) is 0 Å². The highest BCUT2D eigenvalue weighted by atomic mass is 35.5. The van der Waals surface area contributed by atoms with Crippen LogP contribution in [0, 0.1) is 0 Å². The minimum Gasteiger partial charge on any atom is -0.467 e. The first kappa shape index (κ1) is 24.7. The molecule has 0 spiro atoms. The minimum absolute atomic E-state index is 0.0673. The molecule has 0 radical (unpaired) electrons. The Kier molecular flexibility index (Phi) is 8.86. The summed E-state index contributed by atoms with van der Waals surface area (Å²) >= 11 is 12.2. The number of aromatic nitrogens is 1. The van der Waals surface area contributed by atoms with E-state index in [1.165, 1.54) is 4.90 Å². The second-order valence-corrected chi connectivity index (χ2v) is 8.61. The lowest BCUT2D eigenvalue weighted by Gasteiger charge is -2.27. The Balaban J connectivity index is 1.75. The van der Waals surface area contributed by atoms with Gasteiger partial charge in [-0.1, -0.05) is 36.5 Å². The van der Waals surface area contributed by atoms with Crippen molar-refractivity contribution in [2.24, 2.45) is 7.05 Å². The average molecular weight is 491 g/mol. The molecule has 7 nitrogen and oxygen atoms in total. The molecule has 0 unspecified atom stereocenters. The van der Waals surface area contributed by atoms with Gasteiger partial charge in [-0.15, -0.1) is 0 Å². The van der Waals surface area contributed by atoms with Crippen molar-refractivity contribution >= 4 is 40.8 Å². The summed E-state index contributed by atoms with van der Waals surface area (Å²) in [7, 11) is 1.93. The van der Waals surface area contributed by atoms with Crippen LogP contribution in [0.5, 0.6) is 0 Å². The van der Waals surface area contributed by atoms with E-state index < -0.39 is 6.03 Å². The maximum absolute atomic E-state index is 13.4. The molecule has 2 aromatic heterocycles. The van der Waals surface area contributed by atoms with Crippen LogP contribution in [0.15, 0.2) is 59.3 Å². The lowest BCUT2D eigenvalue weighted by atomic mass is 10.3. The number of benzene rings is 1. The molecule has 0 aliphatic rings. The number of anilines is 1. The number of unbranched alkanes of at least 4 members (excludes halogenated alkanes) is 1. The van der Waals surface area contributed by atoms with Crippen LogP contribution in [0.1, 0.15) is 31.2 Å². The maximum Gasteiger partial charge on any atom is 0.322 e. The van der Waals surface area contributed by atoms with Crippen molar-refractivity contribution in [3.05, 3.63) is 76.4 Å². The summed E-state index contributed by atoms with van der Waals surface area (Å²) in [6.07, 6.45) is 5.17. The monoisotopic (exact) mass is 490 g/mol. The van der Waals surface area contributed by atoms with E-state index in [1.807, 2.05) is 42.9 Å². The molecule has 0 aliphatic carbocycles. The van der Waals surface area contributed by atoms with Crippen molar-refractivity contribution in [2.45, 2.75) is 32.9 Å². The summed E-state index contributed by atoms with van der Waals surface area (Å²) in [6, 6.07) is 12.0.